The topological polar surface area (TPSA) is 186 Å². The van der Waals surface area contributed by atoms with Crippen LogP contribution in [-0.2, 0) is 52.1 Å². The van der Waals surface area contributed by atoms with Gasteiger partial charge in [0.2, 0.25) is 5.02 Å². The van der Waals surface area contributed by atoms with E-state index in [1.807, 2.05) is 61.5 Å². The number of aromatic hydroxyl groups is 4. The Morgan fingerprint density at radius 2 is 0.920 bits per heavy atom. The van der Waals surface area contributed by atoms with Crippen LogP contribution in [0.25, 0.3) is 6.08 Å². The number of esters is 3. The average Bonchev–Trinajstić information content (AvgIpc) is 0.943. The van der Waals surface area contributed by atoms with Crippen LogP contribution in [0.2, 0.25) is 0 Å². The summed E-state index contributed by atoms with van der Waals surface area (Å²) in [4.78, 5) is 44.9. The van der Waals surface area contributed by atoms with Crippen molar-refractivity contribution in [3.8, 4) is 23.0 Å². The Kier molecular flexibility index (Phi) is 40.7. The molecule has 0 unspecified atom stereocenters. The quantitative estimate of drug-likeness (QED) is 0.0118. The summed E-state index contributed by atoms with van der Waals surface area (Å²) in [6.07, 6.45) is 3.87. The van der Waals surface area contributed by atoms with Crippen LogP contribution >= 0.6 is 67.3 Å². The second-order valence-corrected chi connectivity index (χ2v) is 37.3. The van der Waals surface area contributed by atoms with Crippen molar-refractivity contribution in [1.82, 2.24) is 0 Å². The molecular weight excluding hydrogens is 1330 g/mol. The number of alkyl halides is 2. The fourth-order valence-electron chi connectivity index (χ4n) is 7.09. The van der Waals surface area contributed by atoms with Crippen molar-refractivity contribution >= 4 is 119 Å². The van der Waals surface area contributed by atoms with E-state index in [2.05, 4.69) is 45.9 Å². The standard InChI is InChI=1S/C22H21O2P.C12H15FO3.C12H13FO3.C8H7FO2.C7H7FO.C2H4Cl2O.CH4.4ClH.Ti/c1-2-24-22(23)18-25(19-12-6-3-7-13-19,20-14-8-4-9-15-20)21-16-10-5-11-17-21;2*1-3-16-12(15)5-4-9-7-10(13)11(14)6-8(9)2;1-5-2-8(11)7(9)3-6(5)4-10;1-5-2-3-6(8)7(9)4-5;1-5-2(3)4;;;;;;/h3-18H,2H2,1H3;6-7,14H,3-5H2,1-2H3;4-7,14H,3H2,1-2H3;2-4,11H,1H3;2-4,9H,1H3;2H,1H3;1H4;4*1H;/q;;;;;;;;;;;+4/p-4/b;;5-4+;;;;;;;;;. The zero-order chi connectivity index (χ0) is 65.9. The number of phenols is 4. The van der Waals surface area contributed by atoms with Crippen molar-refractivity contribution in [2.24, 2.45) is 0 Å². The molecule has 24 heteroatoms. The minimum absolute atomic E-state index is 0. The van der Waals surface area contributed by atoms with Gasteiger partial charge in [0.25, 0.3) is 0 Å². The first-order valence-corrected chi connectivity index (χ1v) is 37.3. The number of rotatable bonds is 14. The second kappa shape index (κ2) is 43.6. The van der Waals surface area contributed by atoms with Gasteiger partial charge in [-0.25, -0.2) is 27.2 Å². The fourth-order valence-corrected chi connectivity index (χ4v) is 10.7. The van der Waals surface area contributed by atoms with Crippen molar-refractivity contribution in [3.05, 3.63) is 214 Å². The number of methoxy groups -OCH3 is 1. The predicted molar refractivity (Wildman–Crippen MR) is 348 cm³/mol. The maximum absolute atomic E-state index is 13.1. The molecule has 0 aliphatic carbocycles. The Labute approximate surface area is 541 Å². The van der Waals surface area contributed by atoms with Gasteiger partial charge in [0.05, 0.1) is 19.8 Å². The van der Waals surface area contributed by atoms with E-state index in [0.717, 1.165) is 33.1 Å². The van der Waals surface area contributed by atoms with Gasteiger partial charge in [-0.2, -0.15) is 0 Å². The van der Waals surface area contributed by atoms with Crippen LogP contribution in [0.1, 0.15) is 78.4 Å². The molecule has 12 nitrogen and oxygen atoms in total. The molecule has 0 saturated heterocycles. The third-order valence-electron chi connectivity index (χ3n) is 11.1. The molecule has 0 bridgehead atoms. The van der Waals surface area contributed by atoms with E-state index in [1.54, 1.807) is 53.4 Å². The summed E-state index contributed by atoms with van der Waals surface area (Å²) in [5.74, 6) is -3.42. The van der Waals surface area contributed by atoms with Crippen LogP contribution < -0.4 is 15.9 Å². The SMILES string of the molecule is C.CCOC(=O)/C=C/c1cc(F)c(O)cc1C.CCOC(=O)C=P(c1ccccc1)(c1ccccc1)c1ccccc1.CCOC(=O)CCc1cc(F)c(O)cc1C.COC(Cl)Cl.Cc1cc(O)c(F)cc1C=O.Cc1ccc(F)c(O)c1.[Cl][Ti]([Cl])([Cl])[Cl]. The Morgan fingerprint density at radius 1 is 0.545 bits per heavy atom. The number of hydrogen-bond acceptors (Lipinski definition) is 12. The fraction of sp³-hybridized carbons (Fsp3) is 0.234. The van der Waals surface area contributed by atoms with Crippen molar-refractivity contribution in [3.63, 3.8) is 0 Å². The first-order chi connectivity index (χ1) is 41.0. The summed E-state index contributed by atoms with van der Waals surface area (Å²) < 4.78 is 69.9. The number of aryl methyl sites for hydroxylation is 5. The molecule has 0 heterocycles. The molecule has 0 fully saturated rings. The van der Waals surface area contributed by atoms with Gasteiger partial charge in [-0.05, 0) is 166 Å². The molecule has 0 spiro atoms. The van der Waals surface area contributed by atoms with Gasteiger partial charge in [-0.15, -0.1) is 0 Å². The number of hydrogen-bond donors (Lipinski definition) is 4. The second-order valence-electron chi connectivity index (χ2n) is 17.5. The summed E-state index contributed by atoms with van der Waals surface area (Å²) in [5.41, 5.74) is 4.38. The Hall–Kier alpha value is -6.01. The molecule has 0 atom stereocenters. The summed E-state index contributed by atoms with van der Waals surface area (Å²) in [6, 6.07) is 42.3. The van der Waals surface area contributed by atoms with E-state index in [0.29, 0.717) is 54.8 Å². The summed E-state index contributed by atoms with van der Waals surface area (Å²) >= 11 is 6.90. The molecule has 0 aliphatic heterocycles. The van der Waals surface area contributed by atoms with Crippen molar-refractivity contribution in [1.29, 1.82) is 0 Å². The van der Waals surface area contributed by atoms with Crippen molar-refractivity contribution in [2.75, 3.05) is 26.9 Å². The van der Waals surface area contributed by atoms with Crippen molar-refractivity contribution < 1.29 is 88.5 Å². The Bertz CT molecular complexity index is 3240. The number of halogens is 10. The van der Waals surface area contributed by atoms with Crippen LogP contribution in [0.5, 0.6) is 23.0 Å². The zero-order valence-electron chi connectivity index (χ0n) is 48.6. The van der Waals surface area contributed by atoms with Gasteiger partial charge in [-0.1, -0.05) is 128 Å². The molecule has 7 aromatic rings. The van der Waals surface area contributed by atoms with Gasteiger partial charge in [0.15, 0.2) is 46.3 Å². The molecule has 0 amide bonds. The molecule has 7 aromatic carbocycles. The number of benzene rings is 7. The molecule has 0 saturated carbocycles. The van der Waals surface area contributed by atoms with Gasteiger partial charge < -0.3 is 39.4 Å². The minimum atomic E-state index is -3.11. The van der Waals surface area contributed by atoms with E-state index >= 15 is 0 Å². The van der Waals surface area contributed by atoms with Crippen LogP contribution in [0, 0.1) is 51.0 Å². The molecule has 0 aromatic heterocycles. The average molecular weight is 1400 g/mol. The Morgan fingerprint density at radius 3 is 1.31 bits per heavy atom. The predicted octanol–water partition coefficient (Wildman–Crippen LogP) is 16.4. The van der Waals surface area contributed by atoms with Crippen LogP contribution in [0.4, 0.5) is 17.6 Å². The first kappa shape index (κ1) is 82.0. The Balaban J connectivity index is 0.00000107. The first-order valence-electron chi connectivity index (χ1n) is 26.0. The van der Waals surface area contributed by atoms with E-state index < -0.39 is 65.0 Å². The normalized spacial score (nSPS) is 10.3. The molecule has 0 radical (unpaired) electrons. The van der Waals surface area contributed by atoms with Crippen LogP contribution in [-0.4, -0.2) is 82.4 Å². The monoisotopic (exact) mass is 1400 g/mol. The molecule has 7 rings (SSSR count). The summed E-state index contributed by atoms with van der Waals surface area (Å²) in [6.45, 7) is 10.9. The van der Waals surface area contributed by atoms with Crippen LogP contribution in [0.3, 0.4) is 0 Å². The molecule has 478 valence electrons. The van der Waals surface area contributed by atoms with E-state index in [-0.39, 0.29) is 42.8 Å². The molecule has 4 N–H and O–H groups in total. The maximum atomic E-state index is 13.1. The summed E-state index contributed by atoms with van der Waals surface area (Å²) in [5, 5.41) is 38.5. The van der Waals surface area contributed by atoms with E-state index in [9.17, 15) is 36.7 Å². The number of carbonyl (C=O) groups is 4. The zero-order valence-corrected chi connectivity index (χ0v) is 55.6. The van der Waals surface area contributed by atoms with Gasteiger partial charge in [-0.3, -0.25) is 9.59 Å². The molecule has 0 aliphatic rings. The van der Waals surface area contributed by atoms with Gasteiger partial charge in [0.1, 0.15) is 6.29 Å². The molecule has 88 heavy (non-hydrogen) atoms. The number of aldehydes is 1. The number of ether oxygens (including phenoxy) is 4. The van der Waals surface area contributed by atoms with E-state index in [1.165, 1.54) is 61.7 Å². The third-order valence-corrected chi connectivity index (χ3v) is 15.4. The van der Waals surface area contributed by atoms with Gasteiger partial charge in [0, 0.05) is 31.0 Å². The van der Waals surface area contributed by atoms with Crippen LogP contribution in [0.15, 0.2) is 152 Å². The van der Waals surface area contributed by atoms with E-state index in [4.69, 9.17) is 90.3 Å². The van der Waals surface area contributed by atoms with Crippen molar-refractivity contribution in [2.45, 2.75) is 73.8 Å². The number of phenolic OH excluding ortho intramolecular Hbond substituents is 4. The number of carbonyl (C=O) groups excluding carboxylic acids is 4. The molecular formula is C64H71Cl6F4O12PTi. The summed E-state index contributed by atoms with van der Waals surface area (Å²) in [7, 11) is 21.5. The third kappa shape index (κ3) is 31.9. The van der Waals surface area contributed by atoms with Gasteiger partial charge >= 0.3 is 67.5 Å².